The summed E-state index contributed by atoms with van der Waals surface area (Å²) < 4.78 is 5.34. The Kier molecular flexibility index (Phi) is 4.99. The Labute approximate surface area is 109 Å². The van der Waals surface area contributed by atoms with Crippen LogP contribution in [0.3, 0.4) is 0 Å². The number of carbonyl (C=O) groups is 2. The second-order valence-corrected chi connectivity index (χ2v) is 5.71. The minimum Gasteiger partial charge on any atom is -0.444 e. The molecule has 1 rings (SSSR count). The molecule has 104 valence electrons. The van der Waals surface area contributed by atoms with Crippen LogP contribution >= 0.6 is 0 Å². The summed E-state index contributed by atoms with van der Waals surface area (Å²) in [5.74, 6) is -0.117. The lowest BCUT2D eigenvalue weighted by Crippen LogP contribution is -2.57. The molecule has 5 heteroatoms. The normalized spacial score (nSPS) is 20.6. The van der Waals surface area contributed by atoms with E-state index in [9.17, 15) is 9.59 Å². The lowest BCUT2D eigenvalue weighted by molar-refractivity contribution is -0.125. The van der Waals surface area contributed by atoms with Crippen molar-refractivity contribution in [3.63, 3.8) is 0 Å². The number of nitrogens with one attached hydrogen (secondary N) is 1. The molecule has 1 N–H and O–H groups in total. The third-order valence-electron chi connectivity index (χ3n) is 2.81. The Morgan fingerprint density at radius 3 is 2.72 bits per heavy atom. The van der Waals surface area contributed by atoms with Crippen LogP contribution in [-0.2, 0) is 9.53 Å². The molecule has 18 heavy (non-hydrogen) atoms. The zero-order valence-electron chi connectivity index (χ0n) is 11.8. The number of rotatable bonds is 3. The highest BCUT2D eigenvalue weighted by Crippen LogP contribution is 2.16. The van der Waals surface area contributed by atoms with Crippen LogP contribution in [-0.4, -0.2) is 41.6 Å². The van der Waals surface area contributed by atoms with Crippen molar-refractivity contribution in [3.05, 3.63) is 0 Å². The Morgan fingerprint density at radius 1 is 1.50 bits per heavy atom. The molecule has 5 nitrogen and oxygen atoms in total. The van der Waals surface area contributed by atoms with Crippen molar-refractivity contribution >= 4 is 12.0 Å². The van der Waals surface area contributed by atoms with E-state index in [1.165, 1.54) is 0 Å². The first-order valence-electron chi connectivity index (χ1n) is 6.60. The summed E-state index contributed by atoms with van der Waals surface area (Å²) in [6.45, 7) is 8.22. The van der Waals surface area contributed by atoms with E-state index in [-0.39, 0.29) is 18.5 Å². The highest BCUT2D eigenvalue weighted by molar-refractivity contribution is 5.83. The van der Waals surface area contributed by atoms with Crippen molar-refractivity contribution in [2.45, 2.75) is 58.6 Å². The van der Waals surface area contributed by atoms with Gasteiger partial charge in [-0.15, -0.1) is 0 Å². The fraction of sp³-hybridized carbons (Fsp3) is 0.846. The van der Waals surface area contributed by atoms with E-state index < -0.39 is 11.7 Å². The Hall–Kier alpha value is -1.26. The Morgan fingerprint density at radius 2 is 2.17 bits per heavy atom. The number of carbonyl (C=O) groups excluding carboxylic acids is 2. The number of nitrogens with zero attached hydrogens (tertiary/aromatic N) is 1. The maximum absolute atomic E-state index is 12.1. The second-order valence-electron chi connectivity index (χ2n) is 5.71. The van der Waals surface area contributed by atoms with Gasteiger partial charge in [-0.1, -0.05) is 19.8 Å². The molecule has 0 bridgehead atoms. The van der Waals surface area contributed by atoms with Gasteiger partial charge in [0.1, 0.15) is 12.1 Å². The van der Waals surface area contributed by atoms with Crippen LogP contribution in [0.5, 0.6) is 0 Å². The quantitative estimate of drug-likeness (QED) is 0.839. The van der Waals surface area contributed by atoms with Crippen LogP contribution in [0, 0.1) is 0 Å². The van der Waals surface area contributed by atoms with E-state index in [1.54, 1.807) is 4.90 Å². The van der Waals surface area contributed by atoms with Gasteiger partial charge in [0.25, 0.3) is 0 Å². The molecule has 0 spiro atoms. The van der Waals surface area contributed by atoms with Crippen LogP contribution in [0.1, 0.15) is 47.0 Å². The molecule has 1 aliphatic heterocycles. The monoisotopic (exact) mass is 256 g/mol. The Bertz CT molecular complexity index is 310. The molecule has 1 unspecified atom stereocenters. The van der Waals surface area contributed by atoms with Crippen LogP contribution in [0.15, 0.2) is 0 Å². The standard InChI is InChI=1S/C13H24N2O3/c1-5-6-7-10-8-14-11(16)9-15(10)12(17)18-13(2,3)4/h10H,5-9H2,1-4H3,(H,14,16). The van der Waals surface area contributed by atoms with Gasteiger partial charge in [0.2, 0.25) is 5.91 Å². The van der Waals surface area contributed by atoms with Crippen molar-refractivity contribution in [2.75, 3.05) is 13.1 Å². The van der Waals surface area contributed by atoms with Crippen LogP contribution < -0.4 is 5.32 Å². The maximum atomic E-state index is 12.1. The number of unbranched alkanes of at least 4 members (excludes halogenated alkanes) is 1. The van der Waals surface area contributed by atoms with Crippen LogP contribution in [0.4, 0.5) is 4.79 Å². The van der Waals surface area contributed by atoms with Crippen LogP contribution in [0.2, 0.25) is 0 Å². The van der Waals surface area contributed by atoms with Gasteiger partial charge in [0, 0.05) is 6.54 Å². The summed E-state index contributed by atoms with van der Waals surface area (Å²) in [7, 11) is 0. The summed E-state index contributed by atoms with van der Waals surface area (Å²) in [4.78, 5) is 25.0. The molecule has 1 aliphatic rings. The molecule has 0 aliphatic carbocycles. The number of amides is 2. The fourth-order valence-electron chi connectivity index (χ4n) is 1.91. The highest BCUT2D eigenvalue weighted by atomic mass is 16.6. The summed E-state index contributed by atoms with van der Waals surface area (Å²) in [5, 5.41) is 2.80. The molecule has 0 radical (unpaired) electrons. The number of hydrogen-bond donors (Lipinski definition) is 1. The molecule has 1 atom stereocenters. The summed E-state index contributed by atoms with van der Waals surface area (Å²) in [6, 6.07) is 0.0532. The zero-order chi connectivity index (χ0) is 13.8. The zero-order valence-corrected chi connectivity index (χ0v) is 11.8. The summed E-state index contributed by atoms with van der Waals surface area (Å²) >= 11 is 0. The van der Waals surface area contributed by atoms with Gasteiger partial charge in [-0.2, -0.15) is 0 Å². The van der Waals surface area contributed by atoms with Gasteiger partial charge >= 0.3 is 6.09 Å². The fourth-order valence-corrected chi connectivity index (χ4v) is 1.91. The lowest BCUT2D eigenvalue weighted by Gasteiger charge is -2.36. The maximum Gasteiger partial charge on any atom is 0.411 e. The predicted octanol–water partition coefficient (Wildman–Crippen LogP) is 1.91. The molecule has 0 saturated carbocycles. The molecule has 0 aromatic heterocycles. The number of ether oxygens (including phenoxy) is 1. The molecule has 0 aromatic carbocycles. The van der Waals surface area contributed by atoms with E-state index >= 15 is 0 Å². The minimum atomic E-state index is -0.527. The molecule has 1 fully saturated rings. The third kappa shape index (κ3) is 4.55. The van der Waals surface area contributed by atoms with E-state index in [0.29, 0.717) is 6.54 Å². The molecule has 1 saturated heterocycles. The van der Waals surface area contributed by atoms with Crippen molar-refractivity contribution in [1.82, 2.24) is 10.2 Å². The predicted molar refractivity (Wildman–Crippen MR) is 69.3 cm³/mol. The lowest BCUT2D eigenvalue weighted by atomic mass is 10.1. The van der Waals surface area contributed by atoms with Crippen molar-refractivity contribution in [2.24, 2.45) is 0 Å². The van der Waals surface area contributed by atoms with E-state index in [0.717, 1.165) is 19.3 Å². The summed E-state index contributed by atoms with van der Waals surface area (Å²) in [6.07, 6.45) is 2.63. The smallest absolute Gasteiger partial charge is 0.411 e. The third-order valence-corrected chi connectivity index (χ3v) is 2.81. The first-order valence-corrected chi connectivity index (χ1v) is 6.60. The topological polar surface area (TPSA) is 58.6 Å². The molecular weight excluding hydrogens is 232 g/mol. The van der Waals surface area contributed by atoms with Gasteiger partial charge in [-0.05, 0) is 27.2 Å². The van der Waals surface area contributed by atoms with Crippen molar-refractivity contribution in [3.8, 4) is 0 Å². The van der Waals surface area contributed by atoms with E-state index in [4.69, 9.17) is 4.74 Å². The van der Waals surface area contributed by atoms with Gasteiger partial charge in [0.05, 0.1) is 6.04 Å². The molecular formula is C13H24N2O3. The van der Waals surface area contributed by atoms with Crippen LogP contribution in [0.25, 0.3) is 0 Å². The summed E-state index contributed by atoms with van der Waals surface area (Å²) in [5.41, 5.74) is -0.527. The number of hydrogen-bond acceptors (Lipinski definition) is 3. The van der Waals surface area contributed by atoms with Crippen molar-refractivity contribution in [1.29, 1.82) is 0 Å². The number of piperazine rings is 1. The van der Waals surface area contributed by atoms with Crippen molar-refractivity contribution < 1.29 is 14.3 Å². The van der Waals surface area contributed by atoms with E-state index in [1.807, 2.05) is 20.8 Å². The van der Waals surface area contributed by atoms with Gasteiger partial charge < -0.3 is 10.1 Å². The highest BCUT2D eigenvalue weighted by Gasteiger charge is 2.32. The molecule has 0 aromatic rings. The molecule has 1 heterocycles. The average molecular weight is 256 g/mol. The van der Waals surface area contributed by atoms with Gasteiger partial charge in [0.15, 0.2) is 0 Å². The van der Waals surface area contributed by atoms with Gasteiger partial charge in [-0.3, -0.25) is 9.69 Å². The molecule has 2 amide bonds. The second kappa shape index (κ2) is 6.07. The van der Waals surface area contributed by atoms with E-state index in [2.05, 4.69) is 12.2 Å². The minimum absolute atomic E-state index is 0.0532. The SMILES string of the molecule is CCCCC1CNC(=O)CN1C(=O)OC(C)(C)C. The Balaban J connectivity index is 2.66. The largest absolute Gasteiger partial charge is 0.444 e. The average Bonchev–Trinajstić information content (AvgIpc) is 2.25. The first-order chi connectivity index (χ1) is 8.33. The first kappa shape index (κ1) is 14.8. The van der Waals surface area contributed by atoms with Gasteiger partial charge in [-0.25, -0.2) is 4.79 Å².